The summed E-state index contributed by atoms with van der Waals surface area (Å²) in [5, 5.41) is 9.60. The summed E-state index contributed by atoms with van der Waals surface area (Å²) in [6.45, 7) is 13.1. The van der Waals surface area contributed by atoms with Gasteiger partial charge in [-0.1, -0.05) is 54.6 Å². The van der Waals surface area contributed by atoms with Crippen molar-refractivity contribution in [2.45, 2.75) is 39.3 Å². The van der Waals surface area contributed by atoms with E-state index in [2.05, 4.69) is 78.4 Å². The lowest BCUT2D eigenvalue weighted by Crippen LogP contribution is -2.48. The fourth-order valence-corrected chi connectivity index (χ4v) is 3.73. The van der Waals surface area contributed by atoms with Crippen molar-refractivity contribution >= 4 is 40.7 Å². The summed E-state index contributed by atoms with van der Waals surface area (Å²) in [5.74, 6) is 0.920. The molecule has 0 unspecified atom stereocenters. The lowest BCUT2D eigenvalue weighted by Gasteiger charge is -2.33. The molecule has 5 heteroatoms. The van der Waals surface area contributed by atoms with Crippen LogP contribution in [0.2, 0.25) is 0 Å². The molecule has 0 saturated carbocycles. The minimum absolute atomic E-state index is 0. The molecule has 1 aliphatic rings. The second-order valence-corrected chi connectivity index (χ2v) is 7.49. The summed E-state index contributed by atoms with van der Waals surface area (Å²) in [7, 11) is 0. The molecule has 1 saturated heterocycles. The first-order valence-corrected chi connectivity index (χ1v) is 10.0. The number of hydrogen-bond donors (Lipinski definition) is 2. The number of rotatable bonds is 6. The van der Waals surface area contributed by atoms with Crippen LogP contribution < -0.4 is 10.6 Å². The molecule has 0 radical (unpaired) electrons. The fraction of sp³-hybridized carbons (Fsp3) is 0.435. The number of nitrogens with one attached hydrogen (secondary N) is 2. The lowest BCUT2D eigenvalue weighted by atomic mass is 10.0. The van der Waals surface area contributed by atoms with Gasteiger partial charge < -0.3 is 10.6 Å². The number of benzene rings is 2. The molecule has 2 aromatic rings. The van der Waals surface area contributed by atoms with Crippen molar-refractivity contribution in [3.8, 4) is 0 Å². The van der Waals surface area contributed by atoms with Crippen LogP contribution in [-0.4, -0.2) is 43.1 Å². The van der Waals surface area contributed by atoms with Crippen molar-refractivity contribution in [2.24, 2.45) is 4.99 Å². The molecule has 4 nitrogen and oxygen atoms in total. The molecule has 1 fully saturated rings. The van der Waals surface area contributed by atoms with Gasteiger partial charge in [-0.3, -0.25) is 4.90 Å². The smallest absolute Gasteiger partial charge is 0.191 e. The van der Waals surface area contributed by atoms with E-state index < -0.39 is 0 Å². The SMILES string of the molecule is C=C(C)CN1CCC(NC(=NCc2cccc3ccccc23)NCC)CC1.I. The molecule has 0 atom stereocenters. The zero-order valence-corrected chi connectivity index (χ0v) is 19.4. The van der Waals surface area contributed by atoms with E-state index in [0.717, 1.165) is 45.0 Å². The topological polar surface area (TPSA) is 39.7 Å². The second kappa shape index (κ2) is 11.4. The summed E-state index contributed by atoms with van der Waals surface area (Å²) in [5.41, 5.74) is 2.51. The lowest BCUT2D eigenvalue weighted by molar-refractivity contribution is 0.221. The molecule has 3 rings (SSSR count). The van der Waals surface area contributed by atoms with Gasteiger partial charge in [0, 0.05) is 32.2 Å². The van der Waals surface area contributed by atoms with Gasteiger partial charge in [0.15, 0.2) is 5.96 Å². The summed E-state index contributed by atoms with van der Waals surface area (Å²) >= 11 is 0. The number of nitrogens with zero attached hydrogens (tertiary/aromatic N) is 2. The summed E-state index contributed by atoms with van der Waals surface area (Å²) in [6, 6.07) is 15.4. The second-order valence-electron chi connectivity index (χ2n) is 7.49. The highest BCUT2D eigenvalue weighted by atomic mass is 127. The zero-order chi connectivity index (χ0) is 19.1. The van der Waals surface area contributed by atoms with Crippen LogP contribution in [0.3, 0.4) is 0 Å². The number of likely N-dealkylation sites (tertiary alicyclic amines) is 1. The Morgan fingerprint density at radius 2 is 1.86 bits per heavy atom. The number of halogens is 1. The summed E-state index contributed by atoms with van der Waals surface area (Å²) in [6.07, 6.45) is 2.29. The van der Waals surface area contributed by atoms with Gasteiger partial charge in [-0.15, -0.1) is 24.0 Å². The van der Waals surface area contributed by atoms with E-state index in [9.17, 15) is 0 Å². The Morgan fingerprint density at radius 3 is 2.57 bits per heavy atom. The maximum atomic E-state index is 4.86. The van der Waals surface area contributed by atoms with Gasteiger partial charge in [-0.05, 0) is 43.0 Å². The summed E-state index contributed by atoms with van der Waals surface area (Å²) in [4.78, 5) is 7.35. The predicted molar refractivity (Wildman–Crippen MR) is 132 cm³/mol. The monoisotopic (exact) mass is 492 g/mol. The molecule has 1 aliphatic heterocycles. The van der Waals surface area contributed by atoms with Crippen molar-refractivity contribution in [1.29, 1.82) is 0 Å². The van der Waals surface area contributed by atoms with Gasteiger partial charge in [0.25, 0.3) is 0 Å². The normalized spacial score (nSPS) is 15.9. The quantitative estimate of drug-likeness (QED) is 0.269. The first kappa shape index (κ1) is 22.7. The maximum Gasteiger partial charge on any atom is 0.191 e. The van der Waals surface area contributed by atoms with Crippen LogP contribution >= 0.6 is 24.0 Å². The van der Waals surface area contributed by atoms with Crippen LogP contribution in [-0.2, 0) is 6.54 Å². The minimum atomic E-state index is 0. The molecule has 152 valence electrons. The first-order chi connectivity index (χ1) is 13.2. The van der Waals surface area contributed by atoms with Gasteiger partial charge in [0.1, 0.15) is 0 Å². The predicted octanol–water partition coefficient (Wildman–Crippen LogP) is 4.55. The van der Waals surface area contributed by atoms with Gasteiger partial charge in [0.2, 0.25) is 0 Å². The highest BCUT2D eigenvalue weighted by molar-refractivity contribution is 14.0. The molecule has 2 N–H and O–H groups in total. The largest absolute Gasteiger partial charge is 0.357 e. The van der Waals surface area contributed by atoms with E-state index in [4.69, 9.17) is 4.99 Å². The molecule has 2 aromatic carbocycles. The number of hydrogen-bond acceptors (Lipinski definition) is 2. The third kappa shape index (κ3) is 6.48. The van der Waals surface area contributed by atoms with Gasteiger partial charge in [-0.25, -0.2) is 4.99 Å². The van der Waals surface area contributed by atoms with Crippen molar-refractivity contribution in [2.75, 3.05) is 26.2 Å². The molecule has 0 bridgehead atoms. The maximum absolute atomic E-state index is 4.86. The Morgan fingerprint density at radius 1 is 1.14 bits per heavy atom. The van der Waals surface area contributed by atoms with Crippen LogP contribution in [0, 0.1) is 0 Å². The van der Waals surface area contributed by atoms with Crippen molar-refractivity contribution in [3.63, 3.8) is 0 Å². The Hall–Kier alpha value is -1.60. The molecular weight excluding hydrogens is 459 g/mol. The zero-order valence-electron chi connectivity index (χ0n) is 17.1. The van der Waals surface area contributed by atoms with Crippen LogP contribution in [0.1, 0.15) is 32.3 Å². The molecule has 0 amide bonds. The number of piperidine rings is 1. The van der Waals surface area contributed by atoms with Gasteiger partial charge >= 0.3 is 0 Å². The van der Waals surface area contributed by atoms with Crippen LogP contribution in [0.25, 0.3) is 10.8 Å². The van der Waals surface area contributed by atoms with Crippen LogP contribution in [0.15, 0.2) is 59.6 Å². The van der Waals surface area contributed by atoms with E-state index in [0.29, 0.717) is 12.6 Å². The molecule has 0 aromatic heterocycles. The average Bonchev–Trinajstić information content (AvgIpc) is 2.67. The average molecular weight is 492 g/mol. The minimum Gasteiger partial charge on any atom is -0.357 e. The van der Waals surface area contributed by atoms with E-state index in [1.165, 1.54) is 21.9 Å². The Bertz CT molecular complexity index is 789. The first-order valence-electron chi connectivity index (χ1n) is 10.0. The van der Waals surface area contributed by atoms with Crippen LogP contribution in [0.5, 0.6) is 0 Å². The molecule has 0 aliphatic carbocycles. The third-order valence-corrected chi connectivity index (χ3v) is 5.05. The van der Waals surface area contributed by atoms with Gasteiger partial charge in [0.05, 0.1) is 6.54 Å². The van der Waals surface area contributed by atoms with Crippen LogP contribution in [0.4, 0.5) is 0 Å². The molecular formula is C23H33IN4. The van der Waals surface area contributed by atoms with Crippen molar-refractivity contribution in [3.05, 3.63) is 60.2 Å². The highest BCUT2D eigenvalue weighted by Crippen LogP contribution is 2.19. The van der Waals surface area contributed by atoms with E-state index in [1.807, 2.05) is 0 Å². The third-order valence-electron chi connectivity index (χ3n) is 5.05. The molecule has 1 heterocycles. The highest BCUT2D eigenvalue weighted by Gasteiger charge is 2.19. The van der Waals surface area contributed by atoms with E-state index >= 15 is 0 Å². The number of guanidine groups is 1. The van der Waals surface area contributed by atoms with Crippen molar-refractivity contribution < 1.29 is 0 Å². The van der Waals surface area contributed by atoms with E-state index in [-0.39, 0.29) is 24.0 Å². The number of fused-ring (bicyclic) bond motifs is 1. The fourth-order valence-electron chi connectivity index (χ4n) is 3.73. The standard InChI is InChI=1S/C23H32N4.HI/c1-4-24-23(26-21-12-14-27(15-13-21)17-18(2)3)25-16-20-10-7-9-19-8-5-6-11-22(19)20;/h5-11,21H,2,4,12-17H2,1,3H3,(H2,24,25,26);1H. The Balaban J connectivity index is 0.00000280. The molecule has 0 spiro atoms. The Kier molecular flexibility index (Phi) is 9.25. The van der Waals surface area contributed by atoms with E-state index in [1.54, 1.807) is 0 Å². The Labute approximate surface area is 186 Å². The molecule has 28 heavy (non-hydrogen) atoms. The van der Waals surface area contributed by atoms with Gasteiger partial charge in [-0.2, -0.15) is 0 Å². The van der Waals surface area contributed by atoms with Crippen molar-refractivity contribution in [1.82, 2.24) is 15.5 Å². The summed E-state index contributed by atoms with van der Waals surface area (Å²) < 4.78 is 0. The number of aliphatic imine (C=N–C) groups is 1.